The van der Waals surface area contributed by atoms with Crippen LogP contribution in [-0.4, -0.2) is 24.5 Å². The number of nitrogens with one attached hydrogen (secondary N) is 2. The van der Waals surface area contributed by atoms with Crippen LogP contribution in [0, 0.1) is 6.92 Å². The Balaban J connectivity index is 1.49. The summed E-state index contributed by atoms with van der Waals surface area (Å²) in [6.07, 6.45) is 0.881. The lowest BCUT2D eigenvalue weighted by Crippen LogP contribution is -2.38. The molecule has 2 aromatic carbocycles. The molecule has 1 aromatic heterocycles. The molecule has 3 aromatic rings. The average Bonchev–Trinajstić information content (AvgIpc) is 3.15. The molecule has 0 fully saturated rings. The zero-order valence-corrected chi connectivity index (χ0v) is 17.1. The zero-order valence-electron chi connectivity index (χ0n) is 16.3. The Morgan fingerprint density at radius 3 is 2.50 bits per heavy atom. The van der Waals surface area contributed by atoms with E-state index in [2.05, 4.69) is 38.1 Å². The molecular weight excluding hydrogens is 368 g/mol. The molecule has 3 rings (SSSR count). The van der Waals surface area contributed by atoms with Gasteiger partial charge in [0, 0.05) is 31.9 Å². The number of nitrogens with zero attached hydrogens (tertiary/aromatic N) is 2. The Bertz CT molecular complexity index is 892. The molecule has 146 valence electrons. The minimum atomic E-state index is 0.539. The SMILES string of the molecule is CN=C(NCCc1csc(C)n1)NCc1ccccc1COc1ccccc1. The maximum Gasteiger partial charge on any atom is 0.191 e. The van der Waals surface area contributed by atoms with Gasteiger partial charge in [0.2, 0.25) is 0 Å². The van der Waals surface area contributed by atoms with Crippen molar-refractivity contribution in [2.45, 2.75) is 26.5 Å². The molecule has 5 nitrogen and oxygen atoms in total. The molecule has 0 amide bonds. The molecule has 0 aliphatic heterocycles. The van der Waals surface area contributed by atoms with Crippen molar-refractivity contribution in [1.82, 2.24) is 15.6 Å². The van der Waals surface area contributed by atoms with E-state index in [1.807, 2.05) is 49.4 Å². The number of guanidine groups is 1. The van der Waals surface area contributed by atoms with Gasteiger partial charge in [0.15, 0.2) is 5.96 Å². The fourth-order valence-corrected chi connectivity index (χ4v) is 3.43. The molecular formula is C22H26N4OS. The largest absolute Gasteiger partial charge is 0.489 e. The van der Waals surface area contributed by atoms with Gasteiger partial charge in [-0.1, -0.05) is 42.5 Å². The maximum absolute atomic E-state index is 5.90. The summed E-state index contributed by atoms with van der Waals surface area (Å²) < 4.78 is 5.90. The molecule has 6 heteroatoms. The van der Waals surface area contributed by atoms with Gasteiger partial charge in [-0.2, -0.15) is 0 Å². The van der Waals surface area contributed by atoms with Crippen LogP contribution >= 0.6 is 11.3 Å². The monoisotopic (exact) mass is 394 g/mol. The van der Waals surface area contributed by atoms with Crippen LogP contribution in [0.2, 0.25) is 0 Å². The molecule has 0 saturated heterocycles. The van der Waals surface area contributed by atoms with E-state index in [0.29, 0.717) is 13.2 Å². The lowest BCUT2D eigenvalue weighted by atomic mass is 10.1. The van der Waals surface area contributed by atoms with Crippen molar-refractivity contribution in [3.05, 3.63) is 81.8 Å². The van der Waals surface area contributed by atoms with E-state index in [1.54, 1.807) is 18.4 Å². The fourth-order valence-electron chi connectivity index (χ4n) is 2.78. The number of benzene rings is 2. The molecule has 0 aliphatic rings. The van der Waals surface area contributed by atoms with Crippen molar-refractivity contribution in [1.29, 1.82) is 0 Å². The van der Waals surface area contributed by atoms with Crippen LogP contribution < -0.4 is 15.4 Å². The summed E-state index contributed by atoms with van der Waals surface area (Å²) in [7, 11) is 1.78. The Labute approximate surface area is 170 Å². The summed E-state index contributed by atoms with van der Waals surface area (Å²) in [5.41, 5.74) is 3.47. The lowest BCUT2D eigenvalue weighted by molar-refractivity contribution is 0.305. The van der Waals surface area contributed by atoms with Crippen molar-refractivity contribution >= 4 is 17.3 Å². The van der Waals surface area contributed by atoms with Gasteiger partial charge >= 0.3 is 0 Å². The van der Waals surface area contributed by atoms with Crippen LogP contribution in [-0.2, 0) is 19.6 Å². The van der Waals surface area contributed by atoms with Crippen molar-refractivity contribution in [3.8, 4) is 5.75 Å². The fraction of sp³-hybridized carbons (Fsp3) is 0.273. The molecule has 0 radical (unpaired) electrons. The van der Waals surface area contributed by atoms with Gasteiger partial charge < -0.3 is 15.4 Å². The first-order valence-corrected chi connectivity index (χ1v) is 10.2. The number of aliphatic imine (C=N–C) groups is 1. The van der Waals surface area contributed by atoms with Crippen molar-refractivity contribution in [2.75, 3.05) is 13.6 Å². The Kier molecular flexibility index (Phi) is 7.44. The summed E-state index contributed by atoms with van der Waals surface area (Å²) in [6, 6.07) is 18.2. The van der Waals surface area contributed by atoms with E-state index < -0.39 is 0 Å². The van der Waals surface area contributed by atoms with E-state index in [9.17, 15) is 0 Å². The quantitative estimate of drug-likeness (QED) is 0.449. The van der Waals surface area contributed by atoms with Gasteiger partial charge in [-0.3, -0.25) is 4.99 Å². The summed E-state index contributed by atoms with van der Waals surface area (Å²) in [5, 5.41) is 9.94. The van der Waals surface area contributed by atoms with Crippen LogP contribution in [0.25, 0.3) is 0 Å². The highest BCUT2D eigenvalue weighted by atomic mass is 32.1. The molecule has 0 unspecified atom stereocenters. The predicted molar refractivity (Wildman–Crippen MR) is 116 cm³/mol. The lowest BCUT2D eigenvalue weighted by Gasteiger charge is -2.14. The molecule has 2 N–H and O–H groups in total. The molecule has 0 saturated carbocycles. The molecule has 28 heavy (non-hydrogen) atoms. The summed E-state index contributed by atoms with van der Waals surface area (Å²) in [5.74, 6) is 1.66. The van der Waals surface area contributed by atoms with Crippen LogP contribution in [0.5, 0.6) is 5.75 Å². The second-order valence-corrected chi connectivity index (χ2v) is 7.39. The third kappa shape index (κ3) is 6.09. The highest BCUT2D eigenvalue weighted by Crippen LogP contribution is 2.14. The molecule has 0 atom stereocenters. The van der Waals surface area contributed by atoms with Crippen LogP contribution in [0.4, 0.5) is 0 Å². The van der Waals surface area contributed by atoms with E-state index in [4.69, 9.17) is 4.74 Å². The van der Waals surface area contributed by atoms with E-state index in [-0.39, 0.29) is 0 Å². The average molecular weight is 395 g/mol. The minimum Gasteiger partial charge on any atom is -0.489 e. The number of thiazole rings is 1. The van der Waals surface area contributed by atoms with Crippen LogP contribution in [0.1, 0.15) is 21.8 Å². The van der Waals surface area contributed by atoms with Crippen LogP contribution in [0.15, 0.2) is 65.0 Å². The molecule has 0 bridgehead atoms. The second kappa shape index (κ2) is 10.5. The van der Waals surface area contributed by atoms with Gasteiger partial charge in [-0.05, 0) is 30.2 Å². The number of hydrogen-bond acceptors (Lipinski definition) is 4. The Morgan fingerprint density at radius 1 is 1.04 bits per heavy atom. The number of hydrogen-bond donors (Lipinski definition) is 2. The molecule has 1 heterocycles. The van der Waals surface area contributed by atoms with Crippen molar-refractivity contribution in [2.24, 2.45) is 4.99 Å². The smallest absolute Gasteiger partial charge is 0.191 e. The standard InChI is InChI=1S/C22H26N4OS/c1-17-26-20(16-28-17)12-13-24-22(23-2)25-14-18-8-6-7-9-19(18)15-27-21-10-4-3-5-11-21/h3-11,16H,12-15H2,1-2H3,(H2,23,24,25). The number of rotatable bonds is 8. The summed E-state index contributed by atoms with van der Waals surface area (Å²) >= 11 is 1.68. The Hall–Kier alpha value is -2.86. The number of para-hydroxylation sites is 1. The molecule has 0 spiro atoms. The topological polar surface area (TPSA) is 58.5 Å². The van der Waals surface area contributed by atoms with Gasteiger partial charge in [-0.25, -0.2) is 4.98 Å². The summed E-state index contributed by atoms with van der Waals surface area (Å²) in [6.45, 7) is 4.05. The normalized spacial score (nSPS) is 11.3. The minimum absolute atomic E-state index is 0.539. The van der Waals surface area contributed by atoms with Crippen molar-refractivity contribution < 1.29 is 4.74 Å². The maximum atomic E-state index is 5.90. The third-order valence-corrected chi connectivity index (χ3v) is 5.09. The first-order chi connectivity index (χ1) is 13.7. The van der Waals surface area contributed by atoms with Crippen molar-refractivity contribution in [3.63, 3.8) is 0 Å². The van der Waals surface area contributed by atoms with Gasteiger partial charge in [0.1, 0.15) is 12.4 Å². The second-order valence-electron chi connectivity index (χ2n) is 6.33. The third-order valence-electron chi connectivity index (χ3n) is 4.27. The number of ether oxygens (including phenoxy) is 1. The first-order valence-electron chi connectivity index (χ1n) is 9.35. The highest BCUT2D eigenvalue weighted by Gasteiger charge is 2.05. The number of aromatic nitrogens is 1. The van der Waals surface area contributed by atoms with E-state index in [0.717, 1.165) is 40.9 Å². The van der Waals surface area contributed by atoms with Gasteiger partial charge in [-0.15, -0.1) is 11.3 Å². The first kappa shape index (κ1) is 19.9. The van der Waals surface area contributed by atoms with Crippen LogP contribution in [0.3, 0.4) is 0 Å². The van der Waals surface area contributed by atoms with Gasteiger partial charge in [0.05, 0.1) is 10.7 Å². The van der Waals surface area contributed by atoms with Gasteiger partial charge in [0.25, 0.3) is 0 Å². The highest BCUT2D eigenvalue weighted by molar-refractivity contribution is 7.09. The number of aryl methyl sites for hydroxylation is 1. The van der Waals surface area contributed by atoms with E-state index >= 15 is 0 Å². The Morgan fingerprint density at radius 2 is 1.79 bits per heavy atom. The summed E-state index contributed by atoms with van der Waals surface area (Å²) in [4.78, 5) is 8.80. The predicted octanol–water partition coefficient (Wildman–Crippen LogP) is 3.94. The zero-order chi connectivity index (χ0) is 19.6. The molecule has 0 aliphatic carbocycles. The van der Waals surface area contributed by atoms with E-state index in [1.165, 1.54) is 5.56 Å².